The Bertz CT molecular complexity index is 1850. The van der Waals surface area contributed by atoms with Crippen molar-refractivity contribution in [3.05, 3.63) is 81.0 Å². The lowest BCUT2D eigenvalue weighted by atomic mass is 10.0. The molecule has 2 aliphatic rings. The molecular weight excluding hydrogens is 568 g/mol. The monoisotopic (exact) mass is 596 g/mol. The zero-order chi connectivity index (χ0) is 28.9. The minimum Gasteiger partial charge on any atom is -0.493 e. The zero-order valence-electron chi connectivity index (χ0n) is 22.3. The molecule has 0 radical (unpaired) electrons. The number of sulfonamides is 1. The summed E-state index contributed by atoms with van der Waals surface area (Å²) in [4.78, 5) is 31.6. The van der Waals surface area contributed by atoms with E-state index in [1.165, 1.54) is 9.13 Å². The van der Waals surface area contributed by atoms with Crippen LogP contribution >= 0.6 is 11.6 Å². The lowest BCUT2D eigenvalue weighted by Crippen LogP contribution is -2.35. The SMILES string of the molecule is CS(=O)(=O)N=C(c1ccc(-n2c(O)c3n(c2=O)CCC[C@H]3NC(=O)c2ccc3c(Cl)c[nH]c3c2)cc1)N1CCCC1. The molecule has 1 fully saturated rings. The van der Waals surface area contributed by atoms with Crippen LogP contribution in [0.4, 0.5) is 0 Å². The first kappa shape index (κ1) is 27.2. The van der Waals surface area contributed by atoms with Gasteiger partial charge in [0.1, 0.15) is 11.5 Å². The number of fused-ring (bicyclic) bond motifs is 2. The molecule has 3 N–H and O–H groups in total. The molecule has 11 nitrogen and oxygen atoms in total. The number of hydrogen-bond acceptors (Lipinski definition) is 5. The molecule has 2 aromatic carbocycles. The van der Waals surface area contributed by atoms with Crippen molar-refractivity contribution in [1.82, 2.24) is 24.3 Å². The summed E-state index contributed by atoms with van der Waals surface area (Å²) in [6, 6.07) is 11.3. The predicted molar refractivity (Wildman–Crippen MR) is 157 cm³/mol. The predicted octanol–water partition coefficient (Wildman–Crippen LogP) is 3.55. The highest BCUT2D eigenvalue weighted by Crippen LogP contribution is 2.33. The molecule has 2 aromatic heterocycles. The molecule has 0 bridgehead atoms. The Morgan fingerprint density at radius 2 is 1.78 bits per heavy atom. The first-order chi connectivity index (χ1) is 19.6. The number of carbonyl (C=O) groups is 1. The third-order valence-corrected chi connectivity index (χ3v) is 8.42. The molecule has 0 spiro atoms. The molecule has 2 aliphatic heterocycles. The maximum atomic E-state index is 13.4. The summed E-state index contributed by atoms with van der Waals surface area (Å²) in [6.45, 7) is 1.83. The highest BCUT2D eigenvalue weighted by molar-refractivity contribution is 7.89. The quantitative estimate of drug-likeness (QED) is 0.238. The maximum absolute atomic E-state index is 13.4. The number of likely N-dealkylation sites (tertiary alicyclic amines) is 1. The fourth-order valence-corrected chi connectivity index (χ4v) is 6.44. The number of halogens is 1. The average molecular weight is 597 g/mol. The van der Waals surface area contributed by atoms with E-state index in [0.29, 0.717) is 65.8 Å². The van der Waals surface area contributed by atoms with Crippen molar-refractivity contribution in [2.75, 3.05) is 19.3 Å². The summed E-state index contributed by atoms with van der Waals surface area (Å²) >= 11 is 6.15. The van der Waals surface area contributed by atoms with Crippen LogP contribution in [0.3, 0.4) is 0 Å². The second kappa shape index (κ2) is 10.4. The lowest BCUT2D eigenvalue weighted by molar-refractivity contribution is 0.0928. The van der Waals surface area contributed by atoms with Crippen molar-refractivity contribution in [3.63, 3.8) is 0 Å². The van der Waals surface area contributed by atoms with Gasteiger partial charge in [-0.15, -0.1) is 4.40 Å². The minimum atomic E-state index is -3.63. The van der Waals surface area contributed by atoms with E-state index in [2.05, 4.69) is 14.7 Å². The Kier molecular flexibility index (Phi) is 6.90. The van der Waals surface area contributed by atoms with E-state index in [0.717, 1.165) is 30.0 Å². The molecule has 214 valence electrons. The fourth-order valence-electron chi connectivity index (χ4n) is 5.69. The number of carbonyl (C=O) groups excluding carboxylic acids is 1. The van der Waals surface area contributed by atoms with E-state index in [1.54, 1.807) is 48.7 Å². The van der Waals surface area contributed by atoms with E-state index >= 15 is 0 Å². The van der Waals surface area contributed by atoms with Crippen LogP contribution < -0.4 is 11.0 Å². The molecule has 0 aliphatic carbocycles. The summed E-state index contributed by atoms with van der Waals surface area (Å²) in [5.41, 5.74) is 2.10. The number of aromatic hydroxyl groups is 1. The number of aromatic amines is 1. The van der Waals surface area contributed by atoms with Gasteiger partial charge in [-0.25, -0.2) is 17.8 Å². The summed E-state index contributed by atoms with van der Waals surface area (Å²) in [5, 5.41) is 15.6. The minimum absolute atomic E-state index is 0.246. The maximum Gasteiger partial charge on any atom is 0.335 e. The Morgan fingerprint density at radius 3 is 2.49 bits per heavy atom. The summed E-state index contributed by atoms with van der Waals surface area (Å²) in [6.07, 6.45) is 5.82. The molecular formula is C28H29ClN6O5S. The van der Waals surface area contributed by atoms with E-state index < -0.39 is 21.8 Å². The van der Waals surface area contributed by atoms with Crippen LogP contribution in [-0.2, 0) is 16.6 Å². The number of hydrogen-bond donors (Lipinski definition) is 3. The van der Waals surface area contributed by atoms with Crippen LogP contribution in [0.5, 0.6) is 5.88 Å². The Hall–Kier alpha value is -4.03. The number of rotatable bonds is 5. The topological polar surface area (TPSA) is 142 Å². The normalized spacial score (nSPS) is 17.7. The molecule has 0 unspecified atom stereocenters. The molecule has 1 atom stereocenters. The van der Waals surface area contributed by atoms with Gasteiger partial charge in [-0.05, 0) is 62.1 Å². The van der Waals surface area contributed by atoms with Crippen LogP contribution in [0.25, 0.3) is 16.6 Å². The largest absolute Gasteiger partial charge is 0.493 e. The average Bonchev–Trinajstić information content (AvgIpc) is 3.67. The summed E-state index contributed by atoms with van der Waals surface area (Å²) < 4.78 is 30.6. The van der Waals surface area contributed by atoms with Gasteiger partial charge in [-0.1, -0.05) is 17.7 Å². The Balaban J connectivity index is 1.31. The van der Waals surface area contributed by atoms with Gasteiger partial charge < -0.3 is 20.3 Å². The van der Waals surface area contributed by atoms with Gasteiger partial charge in [0.05, 0.1) is 23.0 Å². The number of nitrogens with one attached hydrogen (secondary N) is 2. The third-order valence-electron chi connectivity index (χ3n) is 7.60. The van der Waals surface area contributed by atoms with Crippen molar-refractivity contribution in [2.24, 2.45) is 4.40 Å². The van der Waals surface area contributed by atoms with Crippen molar-refractivity contribution in [2.45, 2.75) is 38.3 Å². The van der Waals surface area contributed by atoms with Crippen molar-refractivity contribution < 1.29 is 18.3 Å². The smallest absolute Gasteiger partial charge is 0.335 e. The summed E-state index contributed by atoms with van der Waals surface area (Å²) in [7, 11) is -3.63. The number of amides is 1. The van der Waals surface area contributed by atoms with Gasteiger partial charge in [-0.3, -0.25) is 9.36 Å². The summed E-state index contributed by atoms with van der Waals surface area (Å²) in [5.74, 6) is -0.213. The molecule has 6 rings (SSSR count). The number of imidazole rings is 1. The van der Waals surface area contributed by atoms with E-state index in [1.807, 2.05) is 4.90 Å². The van der Waals surface area contributed by atoms with Crippen molar-refractivity contribution in [1.29, 1.82) is 0 Å². The highest BCUT2D eigenvalue weighted by atomic mass is 35.5. The third kappa shape index (κ3) is 5.13. The standard InChI is InChI=1S/C28H29ClN6O5S/c1-41(39,40)32-25(33-12-2-3-13-33)17-6-9-19(10-7-17)35-27(37)24-22(5-4-14-34(24)28(35)38)31-26(36)18-8-11-20-21(29)16-30-23(20)15-18/h6-11,15-16,22,30,37H,2-5,12-14H2,1H3,(H,31,36)/t22-/m1/s1. The molecule has 4 heterocycles. The number of amidine groups is 1. The van der Waals surface area contributed by atoms with Gasteiger partial charge in [0.2, 0.25) is 5.88 Å². The van der Waals surface area contributed by atoms with E-state index in [-0.39, 0.29) is 11.8 Å². The highest BCUT2D eigenvalue weighted by Gasteiger charge is 2.31. The van der Waals surface area contributed by atoms with E-state index in [4.69, 9.17) is 11.6 Å². The van der Waals surface area contributed by atoms with Crippen LogP contribution in [0, 0.1) is 0 Å². The number of aromatic nitrogens is 3. The molecule has 41 heavy (non-hydrogen) atoms. The van der Waals surface area contributed by atoms with Gasteiger partial charge in [0, 0.05) is 47.9 Å². The van der Waals surface area contributed by atoms with Crippen LogP contribution in [0.15, 0.2) is 57.9 Å². The van der Waals surface area contributed by atoms with Crippen LogP contribution in [0.2, 0.25) is 5.02 Å². The molecule has 4 aromatic rings. The van der Waals surface area contributed by atoms with Crippen molar-refractivity contribution in [3.8, 4) is 11.6 Å². The first-order valence-corrected chi connectivity index (χ1v) is 15.6. The van der Waals surface area contributed by atoms with Crippen LogP contribution in [0.1, 0.15) is 53.3 Å². The molecule has 1 amide bonds. The number of H-pyrrole nitrogens is 1. The Labute approximate surface area is 241 Å². The first-order valence-electron chi connectivity index (χ1n) is 13.4. The van der Waals surface area contributed by atoms with E-state index in [9.17, 15) is 23.1 Å². The zero-order valence-corrected chi connectivity index (χ0v) is 23.9. The second-order valence-electron chi connectivity index (χ2n) is 10.4. The van der Waals surface area contributed by atoms with Gasteiger partial charge >= 0.3 is 5.69 Å². The number of nitrogens with zero attached hydrogens (tertiary/aromatic N) is 4. The van der Waals surface area contributed by atoms with Gasteiger partial charge in [-0.2, -0.15) is 0 Å². The lowest BCUT2D eigenvalue weighted by Gasteiger charge is -2.24. The second-order valence-corrected chi connectivity index (χ2v) is 12.5. The fraction of sp³-hybridized carbons (Fsp3) is 0.321. The van der Waals surface area contributed by atoms with Gasteiger partial charge in [0.25, 0.3) is 15.9 Å². The van der Waals surface area contributed by atoms with Gasteiger partial charge in [0.15, 0.2) is 0 Å². The molecule has 1 saturated heterocycles. The van der Waals surface area contributed by atoms with Crippen LogP contribution in [-0.4, -0.2) is 63.6 Å². The number of benzene rings is 2. The molecule has 13 heteroatoms. The molecule has 0 saturated carbocycles. The van der Waals surface area contributed by atoms with Crippen molar-refractivity contribution >= 4 is 44.3 Å². The Morgan fingerprint density at radius 1 is 1.07 bits per heavy atom.